The van der Waals surface area contributed by atoms with Crippen LogP contribution in [0.2, 0.25) is 0 Å². The summed E-state index contributed by atoms with van der Waals surface area (Å²) < 4.78 is 5.30. The fourth-order valence-corrected chi connectivity index (χ4v) is 4.88. The number of benzene rings is 1. The normalized spacial score (nSPS) is 18.1. The summed E-state index contributed by atoms with van der Waals surface area (Å²) in [4.78, 5) is 53.7. The van der Waals surface area contributed by atoms with Gasteiger partial charge in [-0.3, -0.25) is 14.4 Å². The lowest BCUT2D eigenvalue weighted by atomic mass is 9.87. The van der Waals surface area contributed by atoms with Crippen LogP contribution in [0.25, 0.3) is 0 Å². The fraction of sp³-hybridized carbons (Fsp3) is 0.630. The van der Waals surface area contributed by atoms with Crippen molar-refractivity contribution in [3.05, 3.63) is 29.8 Å². The first-order chi connectivity index (χ1) is 17.5. The fourth-order valence-electron chi connectivity index (χ4n) is 4.88. The summed E-state index contributed by atoms with van der Waals surface area (Å²) in [5, 5.41) is 16.3. The zero-order chi connectivity index (χ0) is 27.2. The van der Waals surface area contributed by atoms with Crippen molar-refractivity contribution in [2.45, 2.75) is 108 Å². The molecule has 10 heteroatoms. The highest BCUT2D eigenvalue weighted by Crippen LogP contribution is 2.37. The molecular weight excluding hydrogens is 476 g/mol. The van der Waals surface area contributed by atoms with E-state index in [-0.39, 0.29) is 23.4 Å². The van der Waals surface area contributed by atoms with Gasteiger partial charge in [-0.15, -0.1) is 0 Å². The van der Waals surface area contributed by atoms with E-state index < -0.39 is 47.9 Å². The summed E-state index contributed by atoms with van der Waals surface area (Å²) in [6, 6.07) is 3.63. The monoisotopic (exact) mass is 516 g/mol. The van der Waals surface area contributed by atoms with Crippen molar-refractivity contribution in [2.75, 3.05) is 0 Å². The number of nitrogens with two attached hydrogens (primary N) is 1. The standard InChI is InChI=1S/C27H40N4O6/c1-27(2,3)37-26(36)30-20(16-22(28)33)25(35)31(18-12-9-13-18)23(19-14-7-8-15-21(19)32)24(34)29-17-10-5-4-6-11-17/h7-8,14-15,17-18,20,23,32H,4-6,9-13,16H2,1-3H3,(H2,28,33)(H,29,34)(H,30,36). The second-order valence-corrected chi connectivity index (χ2v) is 11.0. The molecule has 4 amide bonds. The van der Waals surface area contributed by atoms with Crippen molar-refractivity contribution >= 4 is 23.8 Å². The van der Waals surface area contributed by atoms with Gasteiger partial charge >= 0.3 is 6.09 Å². The number of phenols is 1. The molecule has 2 saturated carbocycles. The maximum atomic E-state index is 14.0. The van der Waals surface area contributed by atoms with E-state index in [2.05, 4.69) is 10.6 Å². The van der Waals surface area contributed by atoms with Crippen LogP contribution in [-0.2, 0) is 19.1 Å². The average Bonchev–Trinajstić information content (AvgIpc) is 2.77. The van der Waals surface area contributed by atoms with E-state index in [9.17, 15) is 24.3 Å². The molecule has 3 rings (SSSR count). The number of hydrogen-bond acceptors (Lipinski definition) is 6. The molecule has 204 valence electrons. The lowest BCUT2D eigenvalue weighted by molar-refractivity contribution is -0.148. The van der Waals surface area contributed by atoms with Gasteiger partial charge in [0, 0.05) is 17.6 Å². The Labute approximate surface area is 218 Å². The Morgan fingerprint density at radius 3 is 2.24 bits per heavy atom. The molecule has 2 aliphatic rings. The molecule has 5 N–H and O–H groups in total. The Bertz CT molecular complexity index is 981. The minimum atomic E-state index is -1.33. The number of phenolic OH excluding ortho intramolecular Hbond substituents is 1. The first kappa shape index (κ1) is 28.3. The van der Waals surface area contributed by atoms with Gasteiger partial charge < -0.3 is 31.1 Å². The van der Waals surface area contributed by atoms with E-state index in [1.807, 2.05) is 0 Å². The van der Waals surface area contributed by atoms with E-state index in [1.165, 1.54) is 11.0 Å². The minimum Gasteiger partial charge on any atom is -0.508 e. The molecule has 0 aliphatic heterocycles. The number of nitrogens with zero attached hydrogens (tertiary/aromatic N) is 1. The lowest BCUT2D eigenvalue weighted by Crippen LogP contribution is -2.58. The molecule has 2 aliphatic carbocycles. The van der Waals surface area contributed by atoms with Gasteiger partial charge in [0.25, 0.3) is 0 Å². The molecule has 0 radical (unpaired) electrons. The number of rotatable bonds is 9. The van der Waals surface area contributed by atoms with Gasteiger partial charge in [-0.2, -0.15) is 0 Å². The number of aromatic hydroxyl groups is 1. The van der Waals surface area contributed by atoms with Gasteiger partial charge in [0.15, 0.2) is 0 Å². The van der Waals surface area contributed by atoms with Crippen molar-refractivity contribution in [3.63, 3.8) is 0 Å². The molecule has 0 aromatic heterocycles. The second kappa shape index (κ2) is 12.3. The van der Waals surface area contributed by atoms with Crippen molar-refractivity contribution in [2.24, 2.45) is 5.73 Å². The number of nitrogens with one attached hydrogen (secondary N) is 2. The van der Waals surface area contributed by atoms with Crippen molar-refractivity contribution < 1.29 is 29.0 Å². The Hall–Kier alpha value is -3.30. The molecular formula is C27H40N4O6. The SMILES string of the molecule is CC(C)(C)OC(=O)NC(CC(N)=O)C(=O)N(C1CCC1)C(C(=O)NC1CCCCC1)c1ccccc1O. The van der Waals surface area contributed by atoms with Gasteiger partial charge in [-0.05, 0) is 58.9 Å². The Balaban J connectivity index is 1.97. The van der Waals surface area contributed by atoms with Crippen LogP contribution in [-0.4, -0.2) is 57.5 Å². The van der Waals surface area contributed by atoms with Crippen LogP contribution in [0.3, 0.4) is 0 Å². The third-order valence-electron chi connectivity index (χ3n) is 6.83. The summed E-state index contributed by atoms with van der Waals surface area (Å²) in [5.74, 6) is -1.92. The number of amides is 4. The summed E-state index contributed by atoms with van der Waals surface area (Å²) in [7, 11) is 0. The molecule has 37 heavy (non-hydrogen) atoms. The van der Waals surface area contributed by atoms with Crippen LogP contribution in [0.15, 0.2) is 24.3 Å². The van der Waals surface area contributed by atoms with E-state index in [4.69, 9.17) is 10.5 Å². The average molecular weight is 517 g/mol. The zero-order valence-electron chi connectivity index (χ0n) is 22.0. The number of alkyl carbamates (subject to hydrolysis) is 1. The van der Waals surface area contributed by atoms with Crippen LogP contribution >= 0.6 is 0 Å². The highest BCUT2D eigenvalue weighted by atomic mass is 16.6. The van der Waals surface area contributed by atoms with E-state index in [0.29, 0.717) is 12.8 Å². The van der Waals surface area contributed by atoms with Gasteiger partial charge in [-0.25, -0.2) is 4.79 Å². The van der Waals surface area contributed by atoms with Crippen LogP contribution < -0.4 is 16.4 Å². The molecule has 0 heterocycles. The van der Waals surface area contributed by atoms with Gasteiger partial charge in [0.1, 0.15) is 23.4 Å². The smallest absolute Gasteiger partial charge is 0.408 e. The number of ether oxygens (including phenoxy) is 1. The predicted octanol–water partition coefficient (Wildman–Crippen LogP) is 3.03. The van der Waals surface area contributed by atoms with Crippen LogP contribution in [0, 0.1) is 0 Å². The Kier molecular flexibility index (Phi) is 9.39. The topological polar surface area (TPSA) is 151 Å². The maximum absolute atomic E-state index is 14.0. The van der Waals surface area contributed by atoms with Crippen molar-refractivity contribution in [1.29, 1.82) is 0 Å². The van der Waals surface area contributed by atoms with Crippen LogP contribution in [0.5, 0.6) is 5.75 Å². The molecule has 2 unspecified atom stereocenters. The van der Waals surface area contributed by atoms with Gasteiger partial charge in [0.05, 0.1) is 6.42 Å². The predicted molar refractivity (Wildman–Crippen MR) is 137 cm³/mol. The van der Waals surface area contributed by atoms with Crippen LogP contribution in [0.4, 0.5) is 4.79 Å². The van der Waals surface area contributed by atoms with Crippen molar-refractivity contribution in [1.82, 2.24) is 15.5 Å². The second-order valence-electron chi connectivity index (χ2n) is 11.0. The van der Waals surface area contributed by atoms with Crippen molar-refractivity contribution in [3.8, 4) is 5.75 Å². The minimum absolute atomic E-state index is 0.0192. The molecule has 0 spiro atoms. The number of carbonyl (C=O) groups excluding carboxylic acids is 4. The highest BCUT2D eigenvalue weighted by Gasteiger charge is 2.43. The van der Waals surface area contributed by atoms with E-state index in [0.717, 1.165) is 38.5 Å². The Morgan fingerprint density at radius 2 is 1.70 bits per heavy atom. The maximum Gasteiger partial charge on any atom is 0.408 e. The Morgan fingerprint density at radius 1 is 1.05 bits per heavy atom. The number of carbonyl (C=O) groups is 4. The summed E-state index contributed by atoms with van der Waals surface area (Å²) in [6.45, 7) is 5.05. The summed E-state index contributed by atoms with van der Waals surface area (Å²) >= 11 is 0. The van der Waals surface area contributed by atoms with Crippen LogP contribution in [0.1, 0.15) is 90.2 Å². The molecule has 1 aromatic rings. The first-order valence-electron chi connectivity index (χ1n) is 13.1. The van der Waals surface area contributed by atoms with Gasteiger partial charge in [0.2, 0.25) is 17.7 Å². The quantitative estimate of drug-likeness (QED) is 0.396. The summed E-state index contributed by atoms with van der Waals surface area (Å²) in [6.07, 6.45) is 5.69. The molecule has 2 atom stereocenters. The largest absolute Gasteiger partial charge is 0.508 e. The molecule has 10 nitrogen and oxygen atoms in total. The molecule has 0 bridgehead atoms. The number of para-hydroxylation sites is 1. The highest BCUT2D eigenvalue weighted by molar-refractivity contribution is 5.95. The van der Waals surface area contributed by atoms with E-state index in [1.54, 1.807) is 39.0 Å². The zero-order valence-corrected chi connectivity index (χ0v) is 22.0. The third-order valence-corrected chi connectivity index (χ3v) is 6.83. The first-order valence-corrected chi connectivity index (χ1v) is 13.1. The van der Waals surface area contributed by atoms with E-state index >= 15 is 0 Å². The molecule has 1 aromatic carbocycles. The number of hydrogen-bond donors (Lipinski definition) is 4. The molecule has 0 saturated heterocycles. The number of primary amides is 1. The third kappa shape index (κ3) is 7.84. The lowest BCUT2D eigenvalue weighted by Gasteiger charge is -2.44. The molecule has 2 fully saturated rings. The summed E-state index contributed by atoms with van der Waals surface area (Å²) in [5.41, 5.74) is 4.89. The van der Waals surface area contributed by atoms with Gasteiger partial charge in [-0.1, -0.05) is 37.5 Å².